The lowest BCUT2D eigenvalue weighted by molar-refractivity contribution is 0.0529. The fourth-order valence-electron chi connectivity index (χ4n) is 1.25. The maximum Gasteiger partial charge on any atom is 0.344 e. The number of hydrogen-bond donors (Lipinski definition) is 2. The van der Waals surface area contributed by atoms with Crippen LogP contribution in [0.4, 0.5) is 10.8 Å². The van der Waals surface area contributed by atoms with Crippen LogP contribution in [0.15, 0.2) is 0 Å². The zero-order chi connectivity index (χ0) is 15.6. The number of hydrogen-bond acceptors (Lipinski definition) is 8. The number of sulfone groups is 1. The standard InChI is InChI=1S/C11H19N3O4S2/c1-5-18-10(15)7-8(12)14-19-9(7)13-6-11(2,3)20(4,16)17/h13H,5-6H2,1-4H3,(H2,12,14). The van der Waals surface area contributed by atoms with Crippen LogP contribution in [-0.4, -0.2) is 42.9 Å². The molecule has 0 spiro atoms. The van der Waals surface area contributed by atoms with Gasteiger partial charge in [0.25, 0.3) is 0 Å². The van der Waals surface area contributed by atoms with E-state index in [-0.39, 0.29) is 24.5 Å². The van der Waals surface area contributed by atoms with Gasteiger partial charge in [0, 0.05) is 12.8 Å². The summed E-state index contributed by atoms with van der Waals surface area (Å²) >= 11 is 1.000. The minimum Gasteiger partial charge on any atom is -0.462 e. The van der Waals surface area contributed by atoms with Crippen LogP contribution in [0, 0.1) is 0 Å². The number of nitrogens with zero attached hydrogens (tertiary/aromatic N) is 1. The number of rotatable bonds is 6. The zero-order valence-corrected chi connectivity index (χ0v) is 13.5. The number of ether oxygens (including phenoxy) is 1. The average Bonchev–Trinajstić information content (AvgIpc) is 2.67. The molecule has 1 heterocycles. The summed E-state index contributed by atoms with van der Waals surface area (Å²) in [4.78, 5) is 11.8. The highest BCUT2D eigenvalue weighted by Crippen LogP contribution is 2.28. The van der Waals surface area contributed by atoms with Gasteiger partial charge in [0.1, 0.15) is 10.6 Å². The first-order valence-electron chi connectivity index (χ1n) is 5.96. The predicted octanol–water partition coefficient (Wildman–Crippen LogP) is 1.14. The molecule has 0 fully saturated rings. The van der Waals surface area contributed by atoms with E-state index in [1.807, 2.05) is 0 Å². The van der Waals surface area contributed by atoms with Crippen LogP contribution in [0.2, 0.25) is 0 Å². The van der Waals surface area contributed by atoms with Crippen molar-refractivity contribution in [2.45, 2.75) is 25.5 Å². The summed E-state index contributed by atoms with van der Waals surface area (Å²) in [6.07, 6.45) is 1.17. The van der Waals surface area contributed by atoms with E-state index < -0.39 is 20.6 Å². The second kappa shape index (κ2) is 5.96. The van der Waals surface area contributed by atoms with Gasteiger partial charge in [-0.1, -0.05) is 0 Å². The smallest absolute Gasteiger partial charge is 0.344 e. The SMILES string of the molecule is CCOC(=O)c1c(N)nsc1NCC(C)(C)S(C)(=O)=O. The van der Waals surface area contributed by atoms with Crippen LogP contribution >= 0.6 is 11.5 Å². The molecule has 0 unspecified atom stereocenters. The average molecular weight is 321 g/mol. The largest absolute Gasteiger partial charge is 0.462 e. The molecule has 20 heavy (non-hydrogen) atoms. The number of esters is 1. The minimum absolute atomic E-state index is 0.0770. The van der Waals surface area contributed by atoms with Crippen molar-refractivity contribution in [1.29, 1.82) is 0 Å². The number of anilines is 2. The fourth-order valence-corrected chi connectivity index (χ4v) is 2.28. The summed E-state index contributed by atoms with van der Waals surface area (Å²) in [5.41, 5.74) is 5.79. The van der Waals surface area contributed by atoms with E-state index in [1.54, 1.807) is 20.8 Å². The van der Waals surface area contributed by atoms with E-state index in [1.165, 1.54) is 6.26 Å². The van der Waals surface area contributed by atoms with Crippen molar-refractivity contribution < 1.29 is 17.9 Å². The van der Waals surface area contributed by atoms with Crippen molar-refractivity contribution in [3.05, 3.63) is 5.56 Å². The first-order valence-corrected chi connectivity index (χ1v) is 8.62. The molecule has 3 N–H and O–H groups in total. The van der Waals surface area contributed by atoms with Gasteiger partial charge in [-0.2, -0.15) is 4.37 Å². The van der Waals surface area contributed by atoms with E-state index >= 15 is 0 Å². The van der Waals surface area contributed by atoms with Gasteiger partial charge in [-0.3, -0.25) is 0 Å². The third-order valence-electron chi connectivity index (χ3n) is 2.88. The van der Waals surface area contributed by atoms with Gasteiger partial charge >= 0.3 is 5.97 Å². The third kappa shape index (κ3) is 3.60. The van der Waals surface area contributed by atoms with Crippen LogP contribution in [0.1, 0.15) is 31.1 Å². The minimum atomic E-state index is -3.23. The Morgan fingerprint density at radius 3 is 2.60 bits per heavy atom. The quantitative estimate of drug-likeness (QED) is 0.755. The van der Waals surface area contributed by atoms with E-state index in [0.29, 0.717) is 5.00 Å². The lowest BCUT2D eigenvalue weighted by Gasteiger charge is -2.23. The summed E-state index contributed by atoms with van der Waals surface area (Å²) < 4.78 is 31.1. The fraction of sp³-hybridized carbons (Fsp3) is 0.636. The molecular formula is C11H19N3O4S2. The predicted molar refractivity (Wildman–Crippen MR) is 79.9 cm³/mol. The highest BCUT2D eigenvalue weighted by Gasteiger charge is 2.31. The number of nitrogens with one attached hydrogen (secondary N) is 1. The molecule has 0 saturated heterocycles. The molecule has 0 aliphatic rings. The molecule has 0 atom stereocenters. The number of carbonyl (C=O) groups is 1. The van der Waals surface area contributed by atoms with Crippen LogP contribution in [0.25, 0.3) is 0 Å². The molecule has 9 heteroatoms. The molecular weight excluding hydrogens is 302 g/mol. The molecule has 0 amide bonds. The maximum absolute atomic E-state index is 11.8. The summed E-state index contributed by atoms with van der Waals surface area (Å²) in [6, 6.07) is 0. The molecule has 1 rings (SSSR count). The molecule has 0 radical (unpaired) electrons. The highest BCUT2D eigenvalue weighted by atomic mass is 32.2. The normalized spacial score (nSPS) is 12.2. The summed E-state index contributed by atoms with van der Waals surface area (Å²) in [7, 11) is -3.23. The van der Waals surface area contributed by atoms with Gasteiger partial charge in [-0.15, -0.1) is 0 Å². The van der Waals surface area contributed by atoms with Gasteiger partial charge in [-0.25, -0.2) is 13.2 Å². The second-order valence-electron chi connectivity index (χ2n) is 4.88. The van der Waals surface area contributed by atoms with Crippen LogP contribution in [-0.2, 0) is 14.6 Å². The van der Waals surface area contributed by atoms with Crippen molar-refractivity contribution in [2.24, 2.45) is 0 Å². The van der Waals surface area contributed by atoms with Crippen molar-refractivity contribution in [1.82, 2.24) is 4.37 Å². The number of aromatic nitrogens is 1. The Kier molecular flexibility index (Phi) is 4.98. The van der Waals surface area contributed by atoms with Gasteiger partial charge in [-0.05, 0) is 32.3 Å². The first kappa shape index (κ1) is 16.7. The molecule has 0 aromatic carbocycles. The first-order chi connectivity index (χ1) is 9.10. The molecule has 0 bridgehead atoms. The van der Waals surface area contributed by atoms with Crippen molar-refractivity contribution in [2.75, 3.05) is 30.5 Å². The van der Waals surface area contributed by atoms with Crippen molar-refractivity contribution in [3.8, 4) is 0 Å². The molecule has 0 saturated carbocycles. The summed E-state index contributed by atoms with van der Waals surface area (Å²) in [5, 5.41) is 3.33. The zero-order valence-electron chi connectivity index (χ0n) is 11.9. The second-order valence-corrected chi connectivity index (χ2v) is 8.30. The lowest BCUT2D eigenvalue weighted by atomic mass is 10.2. The van der Waals surface area contributed by atoms with Crippen molar-refractivity contribution >= 4 is 38.2 Å². The van der Waals surface area contributed by atoms with Crippen LogP contribution in [0.3, 0.4) is 0 Å². The molecule has 0 aliphatic carbocycles. The van der Waals surface area contributed by atoms with E-state index in [2.05, 4.69) is 9.69 Å². The summed E-state index contributed by atoms with van der Waals surface area (Å²) in [6.45, 7) is 5.25. The van der Waals surface area contributed by atoms with Gasteiger partial charge in [0.2, 0.25) is 0 Å². The summed E-state index contributed by atoms with van der Waals surface area (Å²) in [5.74, 6) is -0.494. The monoisotopic (exact) mass is 321 g/mol. The Morgan fingerprint density at radius 1 is 1.50 bits per heavy atom. The van der Waals surface area contributed by atoms with Crippen molar-refractivity contribution in [3.63, 3.8) is 0 Å². The molecule has 114 valence electrons. The molecule has 1 aromatic rings. The van der Waals surface area contributed by atoms with Gasteiger partial charge in [0.05, 0.1) is 11.4 Å². The Bertz CT molecular complexity index is 593. The third-order valence-corrected chi connectivity index (χ3v) is 5.85. The number of nitrogens with two attached hydrogens (primary N) is 1. The maximum atomic E-state index is 11.8. The molecule has 1 aromatic heterocycles. The Morgan fingerprint density at radius 2 is 2.10 bits per heavy atom. The van der Waals surface area contributed by atoms with E-state index in [9.17, 15) is 13.2 Å². The van der Waals surface area contributed by atoms with Crippen LogP contribution < -0.4 is 11.1 Å². The van der Waals surface area contributed by atoms with E-state index in [0.717, 1.165) is 11.5 Å². The Balaban J connectivity index is 2.93. The topological polar surface area (TPSA) is 111 Å². The Hall–Kier alpha value is -1.35. The number of carbonyl (C=O) groups excluding carboxylic acids is 1. The van der Waals surface area contributed by atoms with Gasteiger partial charge < -0.3 is 15.8 Å². The Labute approximate surface area is 122 Å². The van der Waals surface area contributed by atoms with Crippen LogP contribution in [0.5, 0.6) is 0 Å². The highest BCUT2D eigenvalue weighted by molar-refractivity contribution is 7.92. The van der Waals surface area contributed by atoms with E-state index in [4.69, 9.17) is 10.5 Å². The molecule has 7 nitrogen and oxygen atoms in total. The van der Waals surface area contributed by atoms with Gasteiger partial charge in [0.15, 0.2) is 15.7 Å². The lowest BCUT2D eigenvalue weighted by Crippen LogP contribution is -2.38. The number of nitrogen functional groups attached to an aromatic ring is 1. The molecule has 0 aliphatic heterocycles.